The molecule has 1 saturated heterocycles. The van der Waals surface area contributed by atoms with E-state index in [0.29, 0.717) is 30.4 Å². The van der Waals surface area contributed by atoms with Crippen molar-refractivity contribution < 1.29 is 19.1 Å². The predicted molar refractivity (Wildman–Crippen MR) is 103 cm³/mol. The number of hydrogen-bond acceptors (Lipinski definition) is 4. The summed E-state index contributed by atoms with van der Waals surface area (Å²) in [5, 5.41) is 6.59. The van der Waals surface area contributed by atoms with Crippen molar-refractivity contribution in [3.8, 4) is 0 Å². The molecule has 1 saturated carbocycles. The van der Waals surface area contributed by atoms with E-state index in [9.17, 15) is 9.59 Å². The Kier molecular flexibility index (Phi) is 6.74. The highest BCUT2D eigenvalue weighted by Gasteiger charge is 2.40. The van der Waals surface area contributed by atoms with Gasteiger partial charge in [-0.25, -0.2) is 0 Å². The topological polar surface area (TPSA) is 76.7 Å². The molecule has 2 N–H and O–H groups in total. The number of nitrogens with one attached hydrogen (secondary N) is 2. The van der Waals surface area contributed by atoms with E-state index < -0.39 is 0 Å². The first-order valence-corrected chi connectivity index (χ1v) is 9.66. The molecule has 1 aliphatic carbocycles. The third kappa shape index (κ3) is 5.23. The lowest BCUT2D eigenvalue weighted by molar-refractivity contribution is -0.134. The van der Waals surface area contributed by atoms with E-state index in [2.05, 4.69) is 10.6 Å². The molecule has 0 radical (unpaired) electrons. The van der Waals surface area contributed by atoms with Crippen molar-refractivity contribution in [2.24, 2.45) is 5.92 Å². The summed E-state index contributed by atoms with van der Waals surface area (Å²) in [4.78, 5) is 24.7. The number of fused-ring (bicyclic) bond motifs is 1. The smallest absolute Gasteiger partial charge is 0.286 e. The van der Waals surface area contributed by atoms with Crippen LogP contribution in [-0.2, 0) is 19.1 Å². The maximum Gasteiger partial charge on any atom is 0.286 e. The molecule has 3 atom stereocenters. The number of carbonyl (C=O) groups excluding carboxylic acids is 2. The van der Waals surface area contributed by atoms with Crippen LogP contribution in [0.4, 0.5) is 0 Å². The number of morpholine rings is 1. The summed E-state index contributed by atoms with van der Waals surface area (Å²) >= 11 is 5.89. The normalized spacial score (nSPS) is 26.1. The summed E-state index contributed by atoms with van der Waals surface area (Å²) in [7, 11) is 1.64. The van der Waals surface area contributed by atoms with Crippen molar-refractivity contribution in [3.63, 3.8) is 0 Å². The lowest BCUT2D eigenvalue weighted by atomic mass is 9.82. The number of rotatable bonds is 6. The van der Waals surface area contributed by atoms with Crippen molar-refractivity contribution in [3.05, 3.63) is 40.6 Å². The van der Waals surface area contributed by atoms with Crippen LogP contribution in [0.1, 0.15) is 31.2 Å². The zero-order chi connectivity index (χ0) is 19.2. The number of ether oxygens (including phenoxy) is 2. The van der Waals surface area contributed by atoms with Crippen LogP contribution in [0, 0.1) is 5.92 Å². The van der Waals surface area contributed by atoms with Gasteiger partial charge in [0.1, 0.15) is 6.10 Å². The zero-order valence-electron chi connectivity index (χ0n) is 15.4. The van der Waals surface area contributed by atoms with Gasteiger partial charge in [-0.1, -0.05) is 23.7 Å². The van der Waals surface area contributed by atoms with Crippen molar-refractivity contribution in [2.75, 3.05) is 20.3 Å². The molecule has 2 aliphatic rings. The number of amides is 2. The SMILES string of the molecule is COCCCNC(=O)C1CCC2O/C(=C/c3ccc(Cl)cc3)C(=O)NC2C1. The molecular weight excluding hydrogens is 368 g/mol. The van der Waals surface area contributed by atoms with Gasteiger partial charge in [0, 0.05) is 31.2 Å². The largest absolute Gasteiger partial charge is 0.483 e. The minimum Gasteiger partial charge on any atom is -0.483 e. The fourth-order valence-electron chi connectivity index (χ4n) is 3.51. The lowest BCUT2D eigenvalue weighted by Gasteiger charge is -2.39. The third-order valence-corrected chi connectivity index (χ3v) is 5.22. The van der Waals surface area contributed by atoms with Crippen molar-refractivity contribution in [2.45, 2.75) is 37.8 Å². The molecule has 3 unspecified atom stereocenters. The molecule has 146 valence electrons. The minimum atomic E-state index is -0.243. The summed E-state index contributed by atoms with van der Waals surface area (Å²) < 4.78 is 10.9. The quantitative estimate of drug-likeness (QED) is 0.576. The van der Waals surface area contributed by atoms with Crippen molar-refractivity contribution in [1.29, 1.82) is 0 Å². The van der Waals surface area contributed by atoms with Crippen molar-refractivity contribution >= 4 is 29.5 Å². The number of halogens is 1. The lowest BCUT2D eigenvalue weighted by Crippen LogP contribution is -2.54. The Labute approximate surface area is 164 Å². The standard InChI is InChI=1S/C20H25ClN2O4/c1-26-10-2-9-22-19(24)14-5-8-17-16(12-14)23-20(25)18(27-17)11-13-3-6-15(21)7-4-13/h3-4,6-7,11,14,16-17H,2,5,8-10,12H2,1H3,(H,22,24)(H,23,25)/b18-11+. The van der Waals surface area contributed by atoms with Crippen molar-refractivity contribution in [1.82, 2.24) is 10.6 Å². The average molecular weight is 393 g/mol. The molecule has 2 amide bonds. The van der Waals surface area contributed by atoms with E-state index >= 15 is 0 Å². The van der Waals surface area contributed by atoms with Gasteiger partial charge in [0.25, 0.3) is 5.91 Å². The first kappa shape index (κ1) is 19.7. The van der Waals surface area contributed by atoms with Gasteiger partial charge in [-0.15, -0.1) is 0 Å². The maximum atomic E-state index is 12.4. The van der Waals surface area contributed by atoms with Gasteiger partial charge in [-0.3, -0.25) is 9.59 Å². The fraction of sp³-hybridized carbons (Fsp3) is 0.500. The fourth-order valence-corrected chi connectivity index (χ4v) is 3.64. The van der Waals surface area contributed by atoms with E-state index in [4.69, 9.17) is 21.1 Å². The molecule has 1 aromatic rings. The Hall–Kier alpha value is -2.05. The Morgan fingerprint density at radius 3 is 2.89 bits per heavy atom. The first-order chi connectivity index (χ1) is 13.1. The van der Waals surface area contributed by atoms with Crippen LogP contribution in [0.25, 0.3) is 6.08 Å². The Morgan fingerprint density at radius 1 is 1.37 bits per heavy atom. The molecule has 0 aromatic heterocycles. The van der Waals surface area contributed by atoms with Crippen LogP contribution in [0.5, 0.6) is 0 Å². The van der Waals surface area contributed by atoms with E-state index in [1.165, 1.54) is 0 Å². The summed E-state index contributed by atoms with van der Waals surface area (Å²) in [5.41, 5.74) is 0.854. The predicted octanol–water partition coefficient (Wildman–Crippen LogP) is 2.52. The van der Waals surface area contributed by atoms with Crippen LogP contribution >= 0.6 is 11.6 Å². The zero-order valence-corrected chi connectivity index (χ0v) is 16.1. The highest BCUT2D eigenvalue weighted by atomic mass is 35.5. The summed E-state index contributed by atoms with van der Waals surface area (Å²) in [6, 6.07) is 7.08. The molecule has 0 bridgehead atoms. The van der Waals surface area contributed by atoms with E-state index in [1.54, 1.807) is 25.3 Å². The number of benzene rings is 1. The molecule has 27 heavy (non-hydrogen) atoms. The summed E-state index contributed by atoms with van der Waals surface area (Å²) in [6.45, 7) is 1.23. The van der Waals surface area contributed by atoms with Crippen LogP contribution in [0.2, 0.25) is 5.02 Å². The van der Waals surface area contributed by atoms with Gasteiger partial charge in [0.2, 0.25) is 5.91 Å². The van der Waals surface area contributed by atoms with E-state index in [0.717, 1.165) is 24.8 Å². The number of carbonyl (C=O) groups is 2. The Bertz CT molecular complexity index is 704. The van der Waals surface area contributed by atoms with Gasteiger partial charge in [0.15, 0.2) is 5.76 Å². The summed E-state index contributed by atoms with van der Waals surface area (Å²) in [6.07, 6.45) is 4.50. The number of hydrogen-bond donors (Lipinski definition) is 2. The van der Waals surface area contributed by atoms with Gasteiger partial charge < -0.3 is 20.1 Å². The molecular formula is C20H25ClN2O4. The molecule has 1 aromatic carbocycles. The number of methoxy groups -OCH3 is 1. The van der Waals surface area contributed by atoms with Crippen LogP contribution in [0.15, 0.2) is 30.0 Å². The van der Waals surface area contributed by atoms with Gasteiger partial charge in [-0.2, -0.15) is 0 Å². The molecule has 2 fully saturated rings. The van der Waals surface area contributed by atoms with Crippen LogP contribution in [0.3, 0.4) is 0 Å². The maximum absolute atomic E-state index is 12.4. The molecule has 1 heterocycles. The molecule has 3 rings (SSSR count). The molecule has 6 nitrogen and oxygen atoms in total. The second kappa shape index (κ2) is 9.24. The minimum absolute atomic E-state index is 0.0429. The highest BCUT2D eigenvalue weighted by molar-refractivity contribution is 6.30. The average Bonchev–Trinajstić information content (AvgIpc) is 2.67. The Morgan fingerprint density at radius 2 is 2.15 bits per heavy atom. The molecule has 7 heteroatoms. The second-order valence-electron chi connectivity index (χ2n) is 6.94. The van der Waals surface area contributed by atoms with Crippen LogP contribution in [-0.4, -0.2) is 44.2 Å². The highest BCUT2D eigenvalue weighted by Crippen LogP contribution is 2.31. The van der Waals surface area contributed by atoms with Gasteiger partial charge >= 0.3 is 0 Å². The summed E-state index contributed by atoms with van der Waals surface area (Å²) in [5.74, 6) is 0.00851. The second-order valence-corrected chi connectivity index (χ2v) is 7.38. The van der Waals surface area contributed by atoms with E-state index in [1.807, 2.05) is 12.1 Å². The monoisotopic (exact) mass is 392 g/mol. The third-order valence-electron chi connectivity index (χ3n) is 4.97. The first-order valence-electron chi connectivity index (χ1n) is 9.28. The molecule has 0 spiro atoms. The Balaban J connectivity index is 1.56. The van der Waals surface area contributed by atoms with Crippen LogP contribution < -0.4 is 10.6 Å². The molecule has 1 aliphatic heterocycles. The van der Waals surface area contributed by atoms with E-state index in [-0.39, 0.29) is 29.9 Å². The van der Waals surface area contributed by atoms with Gasteiger partial charge in [-0.05, 0) is 49.5 Å². The van der Waals surface area contributed by atoms with Gasteiger partial charge in [0.05, 0.1) is 6.04 Å².